The van der Waals surface area contributed by atoms with Gasteiger partial charge in [0.15, 0.2) is 0 Å². The molecule has 92 valence electrons. The zero-order valence-corrected chi connectivity index (χ0v) is 10.2. The van der Waals surface area contributed by atoms with Crippen LogP contribution in [0.3, 0.4) is 0 Å². The van der Waals surface area contributed by atoms with Gasteiger partial charge in [0, 0.05) is 5.69 Å². The van der Waals surface area contributed by atoms with Gasteiger partial charge >= 0.3 is 5.97 Å². The first-order valence-corrected chi connectivity index (χ1v) is 5.75. The first-order valence-electron chi connectivity index (χ1n) is 4.98. The van der Waals surface area contributed by atoms with Crippen molar-refractivity contribution >= 4 is 29.1 Å². The molecule has 1 amide bonds. The average Bonchev–Trinajstić information content (AvgIpc) is 2.92. The number of anilines is 1. The fraction of sp³-hybridized carbons (Fsp3) is 0.0909. The molecule has 2 aromatic rings. The molecule has 0 aliphatic heterocycles. The minimum absolute atomic E-state index is 0.313. The topological polar surface area (TPSA) is 81.2 Å². The van der Waals surface area contributed by atoms with E-state index >= 15 is 0 Å². The molecule has 1 heterocycles. The zero-order valence-electron chi connectivity index (χ0n) is 9.41. The van der Waals surface area contributed by atoms with Gasteiger partial charge in [-0.1, -0.05) is 10.6 Å². The number of hydrogen-bond acceptors (Lipinski definition) is 6. The standard InChI is InChI=1S/C11H9N3O3S/c1-17-11(16)7-3-2-4-8(5-7)13-10(15)9-6-12-14-18-9/h2-6H,1H3,(H,13,15). The number of carbonyl (C=O) groups is 2. The van der Waals surface area contributed by atoms with E-state index in [4.69, 9.17) is 0 Å². The van der Waals surface area contributed by atoms with Crippen LogP contribution < -0.4 is 5.32 Å². The van der Waals surface area contributed by atoms with Gasteiger partial charge in [-0.15, -0.1) is 5.10 Å². The number of amides is 1. The van der Waals surface area contributed by atoms with Gasteiger partial charge in [-0.25, -0.2) is 4.79 Å². The van der Waals surface area contributed by atoms with Crippen LogP contribution in [0.1, 0.15) is 20.0 Å². The van der Waals surface area contributed by atoms with Crippen LogP contribution in [0.2, 0.25) is 0 Å². The molecule has 0 radical (unpaired) electrons. The number of esters is 1. The number of carbonyl (C=O) groups excluding carboxylic acids is 2. The van der Waals surface area contributed by atoms with Crippen LogP contribution in [0.5, 0.6) is 0 Å². The molecule has 2 rings (SSSR count). The molecular weight excluding hydrogens is 254 g/mol. The van der Waals surface area contributed by atoms with Crippen LogP contribution in [0.15, 0.2) is 30.5 Å². The summed E-state index contributed by atoms with van der Waals surface area (Å²) in [5.41, 5.74) is 0.883. The van der Waals surface area contributed by atoms with Gasteiger partial charge in [-0.3, -0.25) is 4.79 Å². The lowest BCUT2D eigenvalue weighted by Gasteiger charge is -2.04. The van der Waals surface area contributed by atoms with Gasteiger partial charge in [-0.2, -0.15) is 0 Å². The molecule has 0 atom stereocenters. The molecule has 1 N–H and O–H groups in total. The molecular formula is C11H9N3O3S. The summed E-state index contributed by atoms with van der Waals surface area (Å²) in [5, 5.41) is 6.22. The number of ether oxygens (including phenoxy) is 1. The van der Waals surface area contributed by atoms with E-state index < -0.39 is 5.97 Å². The first kappa shape index (κ1) is 12.2. The Kier molecular flexibility index (Phi) is 3.63. The first-order chi connectivity index (χ1) is 8.70. The molecule has 0 fully saturated rings. The molecule has 7 heteroatoms. The minimum atomic E-state index is -0.453. The van der Waals surface area contributed by atoms with Crippen LogP contribution in [-0.2, 0) is 4.74 Å². The van der Waals surface area contributed by atoms with E-state index in [-0.39, 0.29) is 5.91 Å². The fourth-order valence-electron chi connectivity index (χ4n) is 1.30. The van der Waals surface area contributed by atoms with Crippen molar-refractivity contribution in [1.82, 2.24) is 9.59 Å². The minimum Gasteiger partial charge on any atom is -0.465 e. The predicted octanol–water partition coefficient (Wildman–Crippen LogP) is 1.58. The van der Waals surface area contributed by atoms with Crippen LogP contribution in [0.4, 0.5) is 5.69 Å². The van der Waals surface area contributed by atoms with Crippen LogP contribution in [0.25, 0.3) is 0 Å². The number of methoxy groups -OCH3 is 1. The quantitative estimate of drug-likeness (QED) is 0.850. The van der Waals surface area contributed by atoms with Crippen molar-refractivity contribution in [3.63, 3.8) is 0 Å². The van der Waals surface area contributed by atoms with Gasteiger partial charge < -0.3 is 10.1 Å². The third-order valence-corrected chi connectivity index (χ3v) is 2.79. The van der Waals surface area contributed by atoms with Crippen molar-refractivity contribution in [3.05, 3.63) is 40.9 Å². The maximum Gasteiger partial charge on any atom is 0.337 e. The molecule has 1 aromatic carbocycles. The molecule has 1 aromatic heterocycles. The summed E-state index contributed by atoms with van der Waals surface area (Å²) in [4.78, 5) is 23.5. The highest BCUT2D eigenvalue weighted by molar-refractivity contribution is 7.07. The van der Waals surface area contributed by atoms with Gasteiger partial charge in [0.2, 0.25) is 0 Å². The van der Waals surface area contributed by atoms with E-state index in [0.717, 1.165) is 11.5 Å². The summed E-state index contributed by atoms with van der Waals surface area (Å²) in [5.74, 6) is -0.766. The number of rotatable bonds is 3. The van der Waals surface area contributed by atoms with Gasteiger partial charge in [-0.05, 0) is 29.7 Å². The molecule has 0 unspecified atom stereocenters. The van der Waals surface area contributed by atoms with E-state index in [2.05, 4.69) is 19.6 Å². The molecule has 0 bridgehead atoms. The highest BCUT2D eigenvalue weighted by Crippen LogP contribution is 2.13. The Morgan fingerprint density at radius 1 is 1.39 bits per heavy atom. The van der Waals surface area contributed by atoms with E-state index in [9.17, 15) is 9.59 Å². The Morgan fingerprint density at radius 3 is 2.89 bits per heavy atom. The second kappa shape index (κ2) is 5.37. The lowest BCUT2D eigenvalue weighted by Crippen LogP contribution is -2.11. The fourth-order valence-corrected chi connectivity index (χ4v) is 1.71. The second-order valence-electron chi connectivity index (χ2n) is 3.31. The van der Waals surface area contributed by atoms with Crippen LogP contribution in [0, 0.1) is 0 Å². The summed E-state index contributed by atoms with van der Waals surface area (Å²) in [6, 6.07) is 6.49. The van der Waals surface area contributed by atoms with E-state index in [1.807, 2.05) is 0 Å². The number of benzene rings is 1. The van der Waals surface area contributed by atoms with Gasteiger partial charge in [0.1, 0.15) is 4.88 Å². The van der Waals surface area contributed by atoms with Crippen molar-refractivity contribution in [2.75, 3.05) is 12.4 Å². The highest BCUT2D eigenvalue weighted by atomic mass is 32.1. The van der Waals surface area contributed by atoms with Crippen LogP contribution in [-0.4, -0.2) is 28.6 Å². The SMILES string of the molecule is COC(=O)c1cccc(NC(=O)c2cnns2)c1. The van der Waals surface area contributed by atoms with E-state index in [1.165, 1.54) is 19.4 Å². The van der Waals surface area contributed by atoms with Crippen molar-refractivity contribution in [2.24, 2.45) is 0 Å². The van der Waals surface area contributed by atoms with Gasteiger partial charge in [0.05, 0.1) is 18.9 Å². The van der Waals surface area contributed by atoms with Crippen molar-refractivity contribution < 1.29 is 14.3 Å². The monoisotopic (exact) mass is 263 g/mol. The Hall–Kier alpha value is -2.28. The Bertz CT molecular complexity index is 569. The van der Waals surface area contributed by atoms with E-state index in [1.54, 1.807) is 18.2 Å². The lowest BCUT2D eigenvalue weighted by molar-refractivity contribution is 0.0600. The van der Waals surface area contributed by atoms with E-state index in [0.29, 0.717) is 16.1 Å². The zero-order chi connectivity index (χ0) is 13.0. The molecule has 0 saturated heterocycles. The third-order valence-electron chi connectivity index (χ3n) is 2.13. The smallest absolute Gasteiger partial charge is 0.337 e. The van der Waals surface area contributed by atoms with Gasteiger partial charge in [0.25, 0.3) is 5.91 Å². The number of nitrogens with one attached hydrogen (secondary N) is 1. The van der Waals surface area contributed by atoms with Crippen LogP contribution >= 0.6 is 11.5 Å². The maximum atomic E-state index is 11.7. The normalized spacial score (nSPS) is 9.83. The largest absolute Gasteiger partial charge is 0.465 e. The molecule has 0 aliphatic rings. The number of aromatic nitrogens is 2. The van der Waals surface area contributed by atoms with Crippen molar-refractivity contribution in [2.45, 2.75) is 0 Å². The summed E-state index contributed by atoms with van der Waals surface area (Å²) >= 11 is 1.00. The number of nitrogens with zero attached hydrogens (tertiary/aromatic N) is 2. The summed E-state index contributed by atoms with van der Waals surface area (Å²) in [6.07, 6.45) is 1.38. The molecule has 0 spiro atoms. The molecule has 0 saturated carbocycles. The third kappa shape index (κ3) is 2.69. The highest BCUT2D eigenvalue weighted by Gasteiger charge is 2.10. The van der Waals surface area contributed by atoms with Crippen molar-refractivity contribution in [1.29, 1.82) is 0 Å². The number of hydrogen-bond donors (Lipinski definition) is 1. The summed E-state index contributed by atoms with van der Waals surface area (Å²) < 4.78 is 8.20. The summed E-state index contributed by atoms with van der Waals surface area (Å²) in [6.45, 7) is 0. The molecule has 6 nitrogen and oxygen atoms in total. The maximum absolute atomic E-state index is 11.7. The Morgan fingerprint density at radius 2 is 2.22 bits per heavy atom. The Balaban J connectivity index is 2.15. The lowest BCUT2D eigenvalue weighted by atomic mass is 10.2. The Labute approximate surface area is 107 Å². The average molecular weight is 263 g/mol. The van der Waals surface area contributed by atoms with Crippen molar-refractivity contribution in [3.8, 4) is 0 Å². The molecule has 18 heavy (non-hydrogen) atoms. The second-order valence-corrected chi connectivity index (χ2v) is 4.09. The summed E-state index contributed by atoms with van der Waals surface area (Å²) in [7, 11) is 1.30. The predicted molar refractivity (Wildman–Crippen MR) is 65.6 cm³/mol. The molecule has 0 aliphatic carbocycles.